The Morgan fingerprint density at radius 3 is 2.00 bits per heavy atom. The van der Waals surface area contributed by atoms with Gasteiger partial charge in [-0.2, -0.15) is 0 Å². The lowest BCUT2D eigenvalue weighted by molar-refractivity contribution is 0.591. The molecule has 0 N–H and O–H groups in total. The molecule has 0 heterocycles. The van der Waals surface area contributed by atoms with E-state index in [4.69, 9.17) is 0 Å². The zero-order valence-electron chi connectivity index (χ0n) is 12.4. The van der Waals surface area contributed by atoms with Gasteiger partial charge < -0.3 is 0 Å². The summed E-state index contributed by atoms with van der Waals surface area (Å²) in [6, 6.07) is 0. The molecule has 0 aliphatic rings. The third-order valence-electron chi connectivity index (χ3n) is 2.91. The molecule has 0 saturated heterocycles. The topological polar surface area (TPSA) is 0 Å². The van der Waals surface area contributed by atoms with Crippen LogP contribution < -0.4 is 0 Å². The molecule has 0 aromatic rings. The Morgan fingerprint density at radius 2 is 1.42 bits per heavy atom. The second kappa shape index (κ2) is 13.5. The van der Waals surface area contributed by atoms with Gasteiger partial charge in [-0.25, -0.2) is 8.78 Å². The van der Waals surface area contributed by atoms with Crippen molar-refractivity contribution >= 4 is 0 Å². The maximum absolute atomic E-state index is 13.1. The van der Waals surface area contributed by atoms with Crippen molar-refractivity contribution in [2.24, 2.45) is 0 Å². The lowest BCUT2D eigenvalue weighted by Gasteiger charge is -1.96. The number of rotatable bonds is 11. The zero-order chi connectivity index (χ0) is 14.3. The largest absolute Gasteiger partial charge is 0.212 e. The quantitative estimate of drug-likeness (QED) is 0.286. The summed E-state index contributed by atoms with van der Waals surface area (Å²) in [6.45, 7) is 3.54. The van der Waals surface area contributed by atoms with Crippen LogP contribution in [0.2, 0.25) is 0 Å². The minimum Gasteiger partial charge on any atom is -0.212 e. The van der Waals surface area contributed by atoms with E-state index in [1.807, 2.05) is 0 Å². The molecule has 0 aromatic carbocycles. The van der Waals surface area contributed by atoms with E-state index in [-0.39, 0.29) is 18.1 Å². The molecule has 19 heavy (non-hydrogen) atoms. The van der Waals surface area contributed by atoms with E-state index in [2.05, 4.69) is 19.1 Å². The van der Waals surface area contributed by atoms with Crippen molar-refractivity contribution in [2.75, 3.05) is 0 Å². The average Bonchev–Trinajstić information content (AvgIpc) is 2.38. The molecule has 0 nitrogen and oxygen atoms in total. The van der Waals surface area contributed by atoms with Gasteiger partial charge in [-0.15, -0.1) is 0 Å². The Bertz CT molecular complexity index is 284. The molecule has 2 heteroatoms. The van der Waals surface area contributed by atoms with Gasteiger partial charge in [0.15, 0.2) is 0 Å². The number of hydrogen-bond donors (Lipinski definition) is 0. The van der Waals surface area contributed by atoms with E-state index < -0.39 is 0 Å². The lowest BCUT2D eigenvalue weighted by atomic mass is 10.1. The summed E-state index contributed by atoms with van der Waals surface area (Å²) < 4.78 is 25.5. The van der Waals surface area contributed by atoms with E-state index in [0.29, 0.717) is 0 Å². The van der Waals surface area contributed by atoms with E-state index in [9.17, 15) is 8.78 Å². The molecule has 0 rings (SSSR count). The first-order chi connectivity index (χ1) is 9.16. The van der Waals surface area contributed by atoms with Gasteiger partial charge in [0.2, 0.25) is 0 Å². The first-order valence-electron chi connectivity index (χ1n) is 7.48. The minimum atomic E-state index is -0.322. The molecule has 0 aromatic heterocycles. The fraction of sp³-hybridized carbons (Fsp3) is 0.647. The monoisotopic (exact) mass is 270 g/mol. The van der Waals surface area contributed by atoms with E-state index in [0.717, 1.165) is 25.7 Å². The smallest absolute Gasteiger partial charge is 0.0998 e. The van der Waals surface area contributed by atoms with Crippen molar-refractivity contribution in [1.29, 1.82) is 0 Å². The van der Waals surface area contributed by atoms with Gasteiger partial charge in [-0.3, -0.25) is 0 Å². The maximum Gasteiger partial charge on any atom is 0.0998 e. The summed E-state index contributed by atoms with van der Waals surface area (Å²) in [5.41, 5.74) is 0. The highest BCUT2D eigenvalue weighted by atomic mass is 19.1. The van der Waals surface area contributed by atoms with Crippen molar-refractivity contribution < 1.29 is 8.78 Å². The van der Waals surface area contributed by atoms with Crippen LogP contribution in [0.5, 0.6) is 0 Å². The van der Waals surface area contributed by atoms with Gasteiger partial charge in [0.25, 0.3) is 0 Å². The molecule has 0 radical (unpaired) electrons. The Balaban J connectivity index is 3.44. The molecule has 0 saturated carbocycles. The van der Waals surface area contributed by atoms with Crippen LogP contribution in [0, 0.1) is 0 Å². The summed E-state index contributed by atoms with van der Waals surface area (Å²) in [4.78, 5) is 0. The molecule has 0 atom stereocenters. The number of unbranched alkanes of at least 4 members (excludes halogenated alkanes) is 6. The van der Waals surface area contributed by atoms with Crippen LogP contribution in [0.15, 0.2) is 36.0 Å². The second-order valence-electron chi connectivity index (χ2n) is 4.90. The predicted molar refractivity (Wildman–Crippen MR) is 80.4 cm³/mol. The molecule has 0 aliphatic carbocycles. The minimum absolute atomic E-state index is 0.0830. The fourth-order valence-corrected chi connectivity index (χ4v) is 1.73. The first-order valence-corrected chi connectivity index (χ1v) is 7.48. The average molecular weight is 270 g/mol. The van der Waals surface area contributed by atoms with Crippen molar-refractivity contribution in [2.45, 2.75) is 71.6 Å². The zero-order valence-corrected chi connectivity index (χ0v) is 12.4. The Morgan fingerprint density at radius 1 is 0.842 bits per heavy atom. The number of allylic oxidation sites excluding steroid dienone is 6. The Hall–Kier alpha value is -0.920. The predicted octanol–water partition coefficient (Wildman–Crippen LogP) is 6.80. The van der Waals surface area contributed by atoms with Gasteiger partial charge in [-0.05, 0) is 51.5 Å². The summed E-state index contributed by atoms with van der Waals surface area (Å²) in [5.74, 6) is -0.552. The lowest BCUT2D eigenvalue weighted by Crippen LogP contribution is -1.77. The summed E-state index contributed by atoms with van der Waals surface area (Å²) in [7, 11) is 0. The van der Waals surface area contributed by atoms with Crippen molar-refractivity contribution in [3.05, 3.63) is 36.0 Å². The van der Waals surface area contributed by atoms with Crippen LogP contribution in [0.25, 0.3) is 0 Å². The third-order valence-corrected chi connectivity index (χ3v) is 2.91. The summed E-state index contributed by atoms with van der Waals surface area (Å²) >= 11 is 0. The number of halogens is 2. The highest BCUT2D eigenvalue weighted by molar-refractivity contribution is 5.01. The van der Waals surface area contributed by atoms with Crippen molar-refractivity contribution in [3.63, 3.8) is 0 Å². The first kappa shape index (κ1) is 18.1. The SMILES string of the molecule is CCCCCC=CCCCCC=C(F)CC=C(C)F. The van der Waals surface area contributed by atoms with Crippen LogP contribution in [-0.2, 0) is 0 Å². The van der Waals surface area contributed by atoms with Crippen LogP contribution in [0.1, 0.15) is 71.6 Å². The van der Waals surface area contributed by atoms with Crippen LogP contribution >= 0.6 is 0 Å². The number of hydrogen-bond acceptors (Lipinski definition) is 0. The van der Waals surface area contributed by atoms with Crippen molar-refractivity contribution in [1.82, 2.24) is 0 Å². The molecule has 0 amide bonds. The van der Waals surface area contributed by atoms with E-state index in [1.54, 1.807) is 6.08 Å². The van der Waals surface area contributed by atoms with Gasteiger partial charge in [-0.1, -0.05) is 38.0 Å². The molecule has 0 bridgehead atoms. The second-order valence-corrected chi connectivity index (χ2v) is 4.90. The van der Waals surface area contributed by atoms with Crippen LogP contribution in [-0.4, -0.2) is 0 Å². The highest BCUT2D eigenvalue weighted by Gasteiger charge is 1.93. The maximum atomic E-state index is 13.1. The highest BCUT2D eigenvalue weighted by Crippen LogP contribution is 2.11. The van der Waals surface area contributed by atoms with Gasteiger partial charge >= 0.3 is 0 Å². The molecule has 0 spiro atoms. The molecule has 0 fully saturated rings. The Kier molecular flexibility index (Phi) is 12.9. The van der Waals surface area contributed by atoms with Crippen molar-refractivity contribution in [3.8, 4) is 0 Å². The third kappa shape index (κ3) is 15.0. The van der Waals surface area contributed by atoms with Crippen LogP contribution in [0.4, 0.5) is 8.78 Å². The van der Waals surface area contributed by atoms with E-state index >= 15 is 0 Å². The molecular weight excluding hydrogens is 242 g/mol. The summed E-state index contributed by atoms with van der Waals surface area (Å²) in [6.07, 6.45) is 16.3. The van der Waals surface area contributed by atoms with Crippen LogP contribution in [0.3, 0.4) is 0 Å². The van der Waals surface area contributed by atoms with Gasteiger partial charge in [0, 0.05) is 6.42 Å². The van der Waals surface area contributed by atoms with Gasteiger partial charge in [0.05, 0.1) is 11.7 Å². The Labute approximate surface area is 117 Å². The molecule has 110 valence electrons. The summed E-state index contributed by atoms with van der Waals surface area (Å²) in [5, 5.41) is 0. The van der Waals surface area contributed by atoms with Gasteiger partial charge in [0.1, 0.15) is 0 Å². The fourth-order valence-electron chi connectivity index (χ4n) is 1.73. The molecular formula is C17H28F2. The molecule has 0 aliphatic heterocycles. The van der Waals surface area contributed by atoms with E-state index in [1.165, 1.54) is 38.7 Å². The molecule has 0 unspecified atom stereocenters. The standard InChI is InChI=1S/C17H28F2/c1-3-4-5-6-7-8-9-10-11-12-13-17(19)15-14-16(2)18/h7-8,13-14H,3-6,9-12,15H2,1-2H3. The normalized spacial score (nSPS) is 13.5.